The number of carbonyl (C=O) groups excluding carboxylic acids is 1. The number of amides is 1. The van der Waals surface area contributed by atoms with Crippen LogP contribution in [0.2, 0.25) is 0 Å². The number of nitrogens with zero attached hydrogens (tertiary/aromatic N) is 3. The fourth-order valence-corrected chi connectivity index (χ4v) is 4.47. The second-order valence-electron chi connectivity index (χ2n) is 7.53. The Morgan fingerprint density at radius 3 is 2.58 bits per heavy atom. The van der Waals surface area contributed by atoms with Gasteiger partial charge in [0.2, 0.25) is 0 Å². The van der Waals surface area contributed by atoms with Gasteiger partial charge in [0.1, 0.15) is 0 Å². The predicted molar refractivity (Wildman–Crippen MR) is 119 cm³/mol. The molecule has 2 heterocycles. The first-order valence-electron chi connectivity index (χ1n) is 9.67. The van der Waals surface area contributed by atoms with Gasteiger partial charge in [0.05, 0.1) is 34.5 Å². The zero-order valence-electron chi connectivity index (χ0n) is 17.5. The minimum atomic E-state index is -3.41. The first-order chi connectivity index (χ1) is 14.7. The molecule has 0 bridgehead atoms. The van der Waals surface area contributed by atoms with Gasteiger partial charge in [-0.3, -0.25) is 9.78 Å². The van der Waals surface area contributed by atoms with E-state index in [0.717, 1.165) is 28.4 Å². The Morgan fingerprint density at radius 2 is 1.81 bits per heavy atom. The van der Waals surface area contributed by atoms with E-state index >= 15 is 0 Å². The molecule has 31 heavy (non-hydrogen) atoms. The summed E-state index contributed by atoms with van der Waals surface area (Å²) >= 11 is 0. The van der Waals surface area contributed by atoms with E-state index in [1.165, 1.54) is 6.07 Å². The van der Waals surface area contributed by atoms with Crippen LogP contribution >= 0.6 is 0 Å². The molecule has 2 aromatic heterocycles. The number of imidazole rings is 1. The molecular weight excluding hydrogens is 412 g/mol. The normalized spacial score (nSPS) is 11.6. The van der Waals surface area contributed by atoms with Crippen molar-refractivity contribution in [2.24, 2.45) is 7.05 Å². The molecule has 0 saturated carbocycles. The van der Waals surface area contributed by atoms with Crippen LogP contribution in [0.5, 0.6) is 0 Å². The van der Waals surface area contributed by atoms with Crippen molar-refractivity contribution in [1.29, 1.82) is 0 Å². The highest BCUT2D eigenvalue weighted by Gasteiger charge is 2.15. The molecule has 0 atom stereocenters. The topological polar surface area (TPSA) is 93.9 Å². The Kier molecular flexibility index (Phi) is 5.32. The van der Waals surface area contributed by atoms with E-state index in [0.29, 0.717) is 16.8 Å². The highest BCUT2D eigenvalue weighted by molar-refractivity contribution is 7.90. The summed E-state index contributed by atoms with van der Waals surface area (Å²) in [7, 11) is -1.45. The average molecular weight is 435 g/mol. The van der Waals surface area contributed by atoms with Crippen molar-refractivity contribution in [3.05, 3.63) is 77.9 Å². The summed E-state index contributed by atoms with van der Waals surface area (Å²) in [6.07, 6.45) is 4.62. The van der Waals surface area contributed by atoms with Crippen LogP contribution in [0.1, 0.15) is 21.6 Å². The number of pyridine rings is 1. The molecule has 0 fully saturated rings. The second-order valence-corrected chi connectivity index (χ2v) is 9.51. The van der Waals surface area contributed by atoms with Gasteiger partial charge < -0.3 is 9.88 Å². The van der Waals surface area contributed by atoms with Crippen LogP contribution in [0.3, 0.4) is 0 Å². The van der Waals surface area contributed by atoms with Crippen LogP contribution in [0.4, 0.5) is 0 Å². The van der Waals surface area contributed by atoms with Crippen LogP contribution < -0.4 is 5.32 Å². The molecule has 0 aliphatic rings. The highest BCUT2D eigenvalue weighted by Crippen LogP contribution is 2.24. The van der Waals surface area contributed by atoms with Crippen molar-refractivity contribution in [3.63, 3.8) is 0 Å². The number of rotatable bonds is 5. The summed E-state index contributed by atoms with van der Waals surface area (Å²) in [6, 6.07) is 14.6. The van der Waals surface area contributed by atoms with Gasteiger partial charge in [0.15, 0.2) is 9.84 Å². The lowest BCUT2D eigenvalue weighted by Crippen LogP contribution is -2.23. The molecule has 0 aliphatic heterocycles. The molecule has 0 radical (unpaired) electrons. The standard InChI is InChI=1S/C23H22N4O3S/c1-15-4-5-18(12-22(15)31(3,29)30)23(28)25-13-19-10-17(8-9-24-19)16-6-7-20-21(11-16)27(2)14-26-20/h4-12,14H,13H2,1-3H3,(H,25,28). The third-order valence-corrected chi connectivity index (χ3v) is 6.39. The molecule has 158 valence electrons. The van der Waals surface area contributed by atoms with E-state index in [9.17, 15) is 13.2 Å². The molecule has 1 N–H and O–H groups in total. The van der Waals surface area contributed by atoms with Crippen LogP contribution in [0.25, 0.3) is 22.2 Å². The van der Waals surface area contributed by atoms with E-state index < -0.39 is 9.84 Å². The van der Waals surface area contributed by atoms with Gasteiger partial charge >= 0.3 is 0 Å². The number of sulfone groups is 1. The Bertz CT molecular complexity index is 1410. The summed E-state index contributed by atoms with van der Waals surface area (Å²) < 4.78 is 25.8. The number of hydrogen-bond acceptors (Lipinski definition) is 5. The number of aromatic nitrogens is 3. The van der Waals surface area contributed by atoms with Crippen LogP contribution in [-0.2, 0) is 23.4 Å². The fraction of sp³-hybridized carbons (Fsp3) is 0.174. The van der Waals surface area contributed by atoms with E-state index in [4.69, 9.17) is 0 Å². The first-order valence-corrected chi connectivity index (χ1v) is 11.6. The van der Waals surface area contributed by atoms with Crippen LogP contribution in [0.15, 0.2) is 66.0 Å². The van der Waals surface area contributed by atoms with Crippen LogP contribution in [-0.4, -0.2) is 35.1 Å². The van der Waals surface area contributed by atoms with E-state index in [2.05, 4.69) is 21.4 Å². The smallest absolute Gasteiger partial charge is 0.251 e. The number of nitrogens with one attached hydrogen (secondary N) is 1. The van der Waals surface area contributed by atoms with Crippen molar-refractivity contribution < 1.29 is 13.2 Å². The number of aryl methyl sites for hydroxylation is 2. The largest absolute Gasteiger partial charge is 0.346 e. The number of hydrogen-bond donors (Lipinski definition) is 1. The van der Waals surface area contributed by atoms with Gasteiger partial charge in [0, 0.05) is 25.1 Å². The Labute approximate surface area is 180 Å². The molecule has 8 heteroatoms. The minimum Gasteiger partial charge on any atom is -0.346 e. The maximum Gasteiger partial charge on any atom is 0.251 e. The second kappa shape index (κ2) is 7.96. The monoisotopic (exact) mass is 434 g/mol. The molecule has 0 aliphatic carbocycles. The highest BCUT2D eigenvalue weighted by atomic mass is 32.2. The Morgan fingerprint density at radius 1 is 1.03 bits per heavy atom. The number of benzene rings is 2. The molecule has 1 amide bonds. The Hall–Kier alpha value is -3.52. The van der Waals surface area contributed by atoms with Crippen molar-refractivity contribution in [2.75, 3.05) is 6.26 Å². The maximum atomic E-state index is 12.6. The molecule has 7 nitrogen and oxygen atoms in total. The lowest BCUT2D eigenvalue weighted by molar-refractivity contribution is 0.0950. The Balaban J connectivity index is 1.53. The van der Waals surface area contributed by atoms with Crippen molar-refractivity contribution in [3.8, 4) is 11.1 Å². The predicted octanol–water partition coefficient (Wildman–Crippen LogP) is 3.28. The quantitative estimate of drug-likeness (QED) is 0.520. The lowest BCUT2D eigenvalue weighted by atomic mass is 10.1. The first kappa shape index (κ1) is 20.7. The molecular formula is C23H22N4O3S. The molecule has 0 unspecified atom stereocenters. The van der Waals surface area contributed by atoms with Crippen molar-refractivity contribution >= 4 is 26.8 Å². The minimum absolute atomic E-state index is 0.158. The van der Waals surface area contributed by atoms with Gasteiger partial charge in [-0.15, -0.1) is 0 Å². The summed E-state index contributed by atoms with van der Waals surface area (Å²) in [6.45, 7) is 1.93. The summed E-state index contributed by atoms with van der Waals surface area (Å²) in [5, 5.41) is 2.82. The van der Waals surface area contributed by atoms with Gasteiger partial charge in [-0.25, -0.2) is 13.4 Å². The zero-order valence-corrected chi connectivity index (χ0v) is 18.3. The fourth-order valence-electron chi connectivity index (χ4n) is 3.47. The lowest BCUT2D eigenvalue weighted by Gasteiger charge is -2.09. The maximum absolute atomic E-state index is 12.6. The van der Waals surface area contributed by atoms with Gasteiger partial charge in [-0.05, 0) is 60.0 Å². The average Bonchev–Trinajstić information content (AvgIpc) is 3.12. The zero-order chi connectivity index (χ0) is 22.2. The van der Waals surface area contributed by atoms with E-state index in [1.807, 2.05) is 35.9 Å². The number of carbonyl (C=O) groups is 1. The molecule has 0 spiro atoms. The summed E-state index contributed by atoms with van der Waals surface area (Å²) in [5.41, 5.74) is 5.58. The molecule has 2 aromatic carbocycles. The SMILES string of the molecule is Cc1ccc(C(=O)NCc2cc(-c3ccc4ncn(C)c4c3)ccn2)cc1S(C)(=O)=O. The summed E-state index contributed by atoms with van der Waals surface area (Å²) in [5.74, 6) is -0.353. The van der Waals surface area contributed by atoms with Crippen molar-refractivity contribution in [1.82, 2.24) is 19.9 Å². The molecule has 4 aromatic rings. The summed E-state index contributed by atoms with van der Waals surface area (Å²) in [4.78, 5) is 21.4. The van der Waals surface area contributed by atoms with Gasteiger partial charge in [0.25, 0.3) is 5.91 Å². The van der Waals surface area contributed by atoms with E-state index in [1.54, 1.807) is 31.6 Å². The van der Waals surface area contributed by atoms with Gasteiger partial charge in [-0.2, -0.15) is 0 Å². The van der Waals surface area contributed by atoms with E-state index in [-0.39, 0.29) is 17.3 Å². The van der Waals surface area contributed by atoms with Crippen LogP contribution in [0, 0.1) is 6.92 Å². The third-order valence-electron chi connectivity index (χ3n) is 5.16. The van der Waals surface area contributed by atoms with Crippen molar-refractivity contribution in [2.45, 2.75) is 18.4 Å². The molecule has 4 rings (SSSR count). The number of fused-ring (bicyclic) bond motifs is 1. The van der Waals surface area contributed by atoms with Gasteiger partial charge in [-0.1, -0.05) is 12.1 Å². The third kappa shape index (κ3) is 4.34. The molecule has 0 saturated heterocycles.